The van der Waals surface area contributed by atoms with Gasteiger partial charge in [0.1, 0.15) is 11.3 Å². The maximum Gasteiger partial charge on any atom is 0.335 e. The minimum absolute atomic E-state index is 0.229. The number of carbonyl (C=O) groups is 4. The lowest BCUT2D eigenvalue weighted by atomic mass is 10.1. The van der Waals surface area contributed by atoms with E-state index in [-0.39, 0.29) is 23.6 Å². The van der Waals surface area contributed by atoms with Crippen LogP contribution >= 0.6 is 43.5 Å². The Hall–Kier alpha value is -3.47. The van der Waals surface area contributed by atoms with Gasteiger partial charge in [0.05, 0.1) is 10.2 Å². The van der Waals surface area contributed by atoms with Crippen molar-refractivity contribution in [1.29, 1.82) is 0 Å². The number of anilines is 2. The summed E-state index contributed by atoms with van der Waals surface area (Å²) in [5.74, 6) is -1.85. The number of ether oxygens (including phenoxy) is 1. The van der Waals surface area contributed by atoms with Crippen LogP contribution in [-0.2, 0) is 14.4 Å². The number of amides is 5. The molecule has 1 heterocycles. The number of halogens is 3. The number of hydrogen-bond acceptors (Lipinski definition) is 5. The molecule has 1 aliphatic heterocycles. The van der Waals surface area contributed by atoms with Crippen molar-refractivity contribution in [3.05, 3.63) is 90.8 Å². The summed E-state index contributed by atoms with van der Waals surface area (Å²) in [6.45, 7) is 3.52. The largest absolute Gasteiger partial charge is 0.482 e. The maximum atomic E-state index is 13.3. The van der Waals surface area contributed by atoms with Crippen molar-refractivity contribution in [1.82, 2.24) is 5.32 Å². The molecule has 1 fully saturated rings. The number of rotatable bonds is 6. The van der Waals surface area contributed by atoms with Crippen LogP contribution in [0.4, 0.5) is 16.2 Å². The number of hydrogen-bond donors (Lipinski definition) is 2. The summed E-state index contributed by atoms with van der Waals surface area (Å²) < 4.78 is 6.92. The molecule has 4 rings (SSSR count). The summed E-state index contributed by atoms with van der Waals surface area (Å²) in [4.78, 5) is 51.9. The summed E-state index contributed by atoms with van der Waals surface area (Å²) in [6, 6.07) is 14.1. The van der Waals surface area contributed by atoms with Gasteiger partial charge < -0.3 is 10.1 Å². The zero-order valence-electron chi connectivity index (χ0n) is 20.1. The highest BCUT2D eigenvalue weighted by Crippen LogP contribution is 2.35. The lowest BCUT2D eigenvalue weighted by Gasteiger charge is -2.26. The molecule has 11 heteroatoms. The van der Waals surface area contributed by atoms with Crippen LogP contribution in [0.15, 0.2) is 69.1 Å². The molecule has 3 aromatic rings. The van der Waals surface area contributed by atoms with Gasteiger partial charge in [0.2, 0.25) is 0 Å². The Morgan fingerprint density at radius 1 is 1.08 bits per heavy atom. The molecule has 1 aliphatic rings. The van der Waals surface area contributed by atoms with E-state index in [4.69, 9.17) is 16.3 Å². The van der Waals surface area contributed by atoms with Gasteiger partial charge in [-0.15, -0.1) is 0 Å². The highest BCUT2D eigenvalue weighted by Gasteiger charge is 2.37. The van der Waals surface area contributed by atoms with Crippen molar-refractivity contribution in [2.45, 2.75) is 13.8 Å². The fourth-order valence-electron chi connectivity index (χ4n) is 3.69. The van der Waals surface area contributed by atoms with Gasteiger partial charge in [0, 0.05) is 20.7 Å². The van der Waals surface area contributed by atoms with E-state index in [1.165, 1.54) is 30.3 Å². The van der Waals surface area contributed by atoms with Crippen molar-refractivity contribution in [2.24, 2.45) is 0 Å². The predicted octanol–water partition coefficient (Wildman–Crippen LogP) is 6.17. The summed E-state index contributed by atoms with van der Waals surface area (Å²) in [7, 11) is 0. The van der Waals surface area contributed by atoms with Crippen LogP contribution in [-0.4, -0.2) is 30.4 Å². The molecule has 2 N–H and O–H groups in total. The Labute approximate surface area is 240 Å². The summed E-state index contributed by atoms with van der Waals surface area (Å²) in [5, 5.41) is 5.42. The fourth-order valence-corrected chi connectivity index (χ4v) is 5.19. The minimum atomic E-state index is -0.880. The molecule has 5 amide bonds. The molecule has 0 saturated carbocycles. The van der Waals surface area contributed by atoms with E-state index in [9.17, 15) is 19.2 Å². The fraction of sp³-hybridized carbons (Fsp3) is 0.111. The predicted molar refractivity (Wildman–Crippen MR) is 152 cm³/mol. The zero-order chi connectivity index (χ0) is 27.6. The van der Waals surface area contributed by atoms with Crippen molar-refractivity contribution in [2.75, 3.05) is 16.8 Å². The van der Waals surface area contributed by atoms with E-state index in [2.05, 4.69) is 42.5 Å². The smallest absolute Gasteiger partial charge is 0.335 e. The molecular weight excluding hydrogens is 642 g/mol. The number of nitrogens with one attached hydrogen (secondary N) is 2. The third-order valence-electron chi connectivity index (χ3n) is 5.75. The Morgan fingerprint density at radius 2 is 1.79 bits per heavy atom. The molecule has 38 heavy (non-hydrogen) atoms. The third kappa shape index (κ3) is 5.98. The van der Waals surface area contributed by atoms with Gasteiger partial charge in [-0.1, -0.05) is 39.7 Å². The monoisotopic (exact) mass is 659 g/mol. The van der Waals surface area contributed by atoms with Crippen molar-refractivity contribution < 1.29 is 23.9 Å². The Kier molecular flexibility index (Phi) is 8.35. The molecule has 0 aliphatic carbocycles. The van der Waals surface area contributed by atoms with E-state index in [1.54, 1.807) is 18.2 Å². The van der Waals surface area contributed by atoms with Gasteiger partial charge in [0.25, 0.3) is 17.7 Å². The van der Waals surface area contributed by atoms with Crippen LogP contribution in [0.1, 0.15) is 16.7 Å². The van der Waals surface area contributed by atoms with Crippen LogP contribution in [0.5, 0.6) is 5.75 Å². The lowest BCUT2D eigenvalue weighted by Crippen LogP contribution is -2.54. The molecule has 0 atom stereocenters. The number of urea groups is 1. The van der Waals surface area contributed by atoms with Gasteiger partial charge in [0.15, 0.2) is 6.61 Å². The summed E-state index contributed by atoms with van der Waals surface area (Å²) in [5.41, 5.74) is 2.93. The Morgan fingerprint density at radius 3 is 2.50 bits per heavy atom. The summed E-state index contributed by atoms with van der Waals surface area (Å²) in [6.07, 6.45) is 1.31. The topological polar surface area (TPSA) is 105 Å². The second kappa shape index (κ2) is 11.5. The van der Waals surface area contributed by atoms with Crippen LogP contribution in [0, 0.1) is 13.8 Å². The zero-order valence-corrected chi connectivity index (χ0v) is 24.0. The first-order valence-corrected chi connectivity index (χ1v) is 13.2. The molecule has 194 valence electrons. The van der Waals surface area contributed by atoms with E-state index < -0.39 is 23.8 Å². The van der Waals surface area contributed by atoms with E-state index in [0.717, 1.165) is 16.0 Å². The average molecular weight is 662 g/mol. The Bertz CT molecular complexity index is 1510. The molecule has 3 aromatic carbocycles. The molecule has 0 spiro atoms. The summed E-state index contributed by atoms with van der Waals surface area (Å²) >= 11 is 12.7. The van der Waals surface area contributed by atoms with Crippen molar-refractivity contribution >= 4 is 84.7 Å². The normalized spacial score (nSPS) is 14.5. The Balaban J connectivity index is 1.62. The third-order valence-corrected chi connectivity index (χ3v) is 7.05. The highest BCUT2D eigenvalue weighted by molar-refractivity contribution is 9.11. The quantitative estimate of drug-likeness (QED) is 0.243. The van der Waals surface area contributed by atoms with Crippen LogP contribution < -0.4 is 20.3 Å². The first-order valence-electron chi connectivity index (χ1n) is 11.2. The van der Waals surface area contributed by atoms with Crippen molar-refractivity contribution in [3.63, 3.8) is 0 Å². The molecule has 0 bridgehead atoms. The van der Waals surface area contributed by atoms with Crippen LogP contribution in [0.3, 0.4) is 0 Å². The minimum Gasteiger partial charge on any atom is -0.482 e. The highest BCUT2D eigenvalue weighted by atomic mass is 79.9. The van der Waals surface area contributed by atoms with Crippen LogP contribution in [0.25, 0.3) is 6.08 Å². The van der Waals surface area contributed by atoms with Gasteiger partial charge in [-0.25, -0.2) is 9.69 Å². The molecule has 8 nitrogen and oxygen atoms in total. The number of benzene rings is 3. The van der Waals surface area contributed by atoms with Crippen molar-refractivity contribution in [3.8, 4) is 5.75 Å². The molecule has 1 saturated heterocycles. The van der Waals surface area contributed by atoms with Crippen LogP contribution in [0.2, 0.25) is 5.02 Å². The maximum absolute atomic E-state index is 13.3. The average Bonchev–Trinajstić information content (AvgIpc) is 2.85. The number of imide groups is 2. The van der Waals surface area contributed by atoms with E-state index >= 15 is 0 Å². The number of barbiturate groups is 1. The van der Waals surface area contributed by atoms with Gasteiger partial charge in [-0.3, -0.25) is 19.7 Å². The standard InChI is InChI=1S/C27H20Br2ClN3O5/c1-14-4-3-5-22(15(14)2)31-23(34)13-38-24-16(10-17(28)12-21(24)29)11-20-25(35)32-27(37)33(26(20)36)19-8-6-18(30)7-9-19/h3-12H,13H2,1-2H3,(H,31,34)(H,32,35,37)/b20-11-. The SMILES string of the molecule is Cc1cccc(NC(=O)COc2c(Br)cc(Br)cc2/C=C2/C(=O)NC(=O)N(c3ccc(Cl)cc3)C2=O)c1C. The molecule has 0 radical (unpaired) electrons. The molecular formula is C27H20Br2ClN3O5. The second-order valence-corrected chi connectivity index (χ2v) is 10.5. The number of nitrogens with zero attached hydrogens (tertiary/aromatic N) is 1. The van der Waals surface area contributed by atoms with Gasteiger partial charge in [-0.05, 0) is 89.4 Å². The first-order chi connectivity index (χ1) is 18.0. The second-order valence-electron chi connectivity index (χ2n) is 8.32. The van der Waals surface area contributed by atoms with E-state index in [0.29, 0.717) is 25.2 Å². The van der Waals surface area contributed by atoms with E-state index in [1.807, 2.05) is 26.0 Å². The molecule has 0 aromatic heterocycles. The van der Waals surface area contributed by atoms with Gasteiger partial charge in [-0.2, -0.15) is 0 Å². The first kappa shape index (κ1) is 27.6. The van der Waals surface area contributed by atoms with Gasteiger partial charge >= 0.3 is 6.03 Å². The molecule has 0 unspecified atom stereocenters. The number of carbonyl (C=O) groups excluding carboxylic acids is 4. The number of aryl methyl sites for hydroxylation is 1. The lowest BCUT2D eigenvalue weighted by molar-refractivity contribution is -0.122.